The Bertz CT molecular complexity index is 280. The van der Waals surface area contributed by atoms with Crippen molar-refractivity contribution < 1.29 is 9.50 Å². The topological polar surface area (TPSA) is 46.2 Å². The molecule has 0 fully saturated rings. The van der Waals surface area contributed by atoms with Crippen molar-refractivity contribution in [1.29, 1.82) is 0 Å². The van der Waals surface area contributed by atoms with E-state index < -0.39 is 11.9 Å². The molecule has 66 valence electrons. The zero-order valence-corrected chi connectivity index (χ0v) is 7.05. The van der Waals surface area contributed by atoms with Gasteiger partial charge in [0.1, 0.15) is 5.82 Å². The zero-order valence-electron chi connectivity index (χ0n) is 6.30. The van der Waals surface area contributed by atoms with Crippen LogP contribution >= 0.6 is 11.6 Å². The SMILES string of the molecule is N[C@@H](CO)c1cccc(F)c1Cl. The predicted octanol–water partition coefficient (Wildman–Crippen LogP) is 1.47. The molecule has 3 N–H and O–H groups in total. The van der Waals surface area contributed by atoms with Crippen molar-refractivity contribution in [1.82, 2.24) is 0 Å². The summed E-state index contributed by atoms with van der Waals surface area (Å²) < 4.78 is 12.8. The highest BCUT2D eigenvalue weighted by atomic mass is 35.5. The van der Waals surface area contributed by atoms with Crippen LogP contribution in [0, 0.1) is 5.82 Å². The molecule has 12 heavy (non-hydrogen) atoms. The Morgan fingerprint density at radius 3 is 2.83 bits per heavy atom. The summed E-state index contributed by atoms with van der Waals surface area (Å²) in [6, 6.07) is 3.72. The fraction of sp³-hybridized carbons (Fsp3) is 0.250. The Kier molecular flexibility index (Phi) is 3.03. The van der Waals surface area contributed by atoms with Crippen LogP contribution in [0.25, 0.3) is 0 Å². The van der Waals surface area contributed by atoms with Crippen LogP contribution in [0.3, 0.4) is 0 Å². The van der Waals surface area contributed by atoms with Gasteiger partial charge in [-0.05, 0) is 11.6 Å². The minimum atomic E-state index is -0.617. The molecule has 4 heteroatoms. The van der Waals surface area contributed by atoms with Crippen LogP contribution in [-0.4, -0.2) is 11.7 Å². The summed E-state index contributed by atoms with van der Waals surface area (Å²) in [6.07, 6.45) is 0. The molecule has 1 atom stereocenters. The minimum Gasteiger partial charge on any atom is -0.394 e. The third kappa shape index (κ3) is 1.75. The van der Waals surface area contributed by atoms with Gasteiger partial charge in [-0.25, -0.2) is 4.39 Å². The lowest BCUT2D eigenvalue weighted by Gasteiger charge is -2.10. The molecule has 0 saturated heterocycles. The van der Waals surface area contributed by atoms with Crippen LogP contribution < -0.4 is 5.73 Å². The van der Waals surface area contributed by atoms with Gasteiger partial charge in [-0.15, -0.1) is 0 Å². The van der Waals surface area contributed by atoms with Gasteiger partial charge in [0.05, 0.1) is 17.7 Å². The fourth-order valence-electron chi connectivity index (χ4n) is 0.905. The lowest BCUT2D eigenvalue weighted by Crippen LogP contribution is -2.15. The second-order valence-electron chi connectivity index (χ2n) is 2.43. The van der Waals surface area contributed by atoms with E-state index in [1.807, 2.05) is 0 Å². The van der Waals surface area contributed by atoms with E-state index >= 15 is 0 Å². The number of aliphatic hydroxyl groups is 1. The number of nitrogens with two attached hydrogens (primary N) is 1. The van der Waals surface area contributed by atoms with Crippen molar-refractivity contribution >= 4 is 11.6 Å². The van der Waals surface area contributed by atoms with E-state index in [2.05, 4.69) is 0 Å². The fourth-order valence-corrected chi connectivity index (χ4v) is 1.17. The highest BCUT2D eigenvalue weighted by Crippen LogP contribution is 2.23. The highest BCUT2D eigenvalue weighted by Gasteiger charge is 2.11. The Balaban J connectivity index is 3.07. The lowest BCUT2D eigenvalue weighted by molar-refractivity contribution is 0.268. The van der Waals surface area contributed by atoms with Gasteiger partial charge in [0.25, 0.3) is 0 Å². The molecule has 0 aliphatic carbocycles. The Morgan fingerprint density at radius 1 is 1.58 bits per heavy atom. The van der Waals surface area contributed by atoms with Crippen LogP contribution in [0.5, 0.6) is 0 Å². The van der Waals surface area contributed by atoms with Crippen LogP contribution in [0.2, 0.25) is 5.02 Å². The van der Waals surface area contributed by atoms with Gasteiger partial charge in [0.2, 0.25) is 0 Å². The summed E-state index contributed by atoms with van der Waals surface area (Å²) in [5, 5.41) is 8.68. The monoisotopic (exact) mass is 189 g/mol. The van der Waals surface area contributed by atoms with Gasteiger partial charge in [-0.3, -0.25) is 0 Å². The van der Waals surface area contributed by atoms with Gasteiger partial charge >= 0.3 is 0 Å². The second-order valence-corrected chi connectivity index (χ2v) is 2.81. The summed E-state index contributed by atoms with van der Waals surface area (Å²) >= 11 is 5.60. The maximum Gasteiger partial charge on any atom is 0.142 e. The number of benzene rings is 1. The molecular formula is C8H9ClFNO. The molecular weight excluding hydrogens is 181 g/mol. The van der Waals surface area contributed by atoms with Crippen molar-refractivity contribution in [3.05, 3.63) is 34.6 Å². The average Bonchev–Trinajstić information content (AvgIpc) is 2.08. The normalized spacial score (nSPS) is 13.0. The zero-order chi connectivity index (χ0) is 9.14. The first-order valence-corrected chi connectivity index (χ1v) is 3.85. The quantitative estimate of drug-likeness (QED) is 0.740. The first kappa shape index (κ1) is 9.45. The van der Waals surface area contributed by atoms with Crippen LogP contribution in [0.1, 0.15) is 11.6 Å². The molecule has 0 unspecified atom stereocenters. The number of hydrogen-bond donors (Lipinski definition) is 2. The molecule has 0 heterocycles. The number of aliphatic hydroxyl groups excluding tert-OH is 1. The second kappa shape index (κ2) is 3.85. The summed E-state index contributed by atoms with van der Waals surface area (Å²) in [4.78, 5) is 0. The molecule has 0 spiro atoms. The van der Waals surface area contributed by atoms with E-state index in [1.165, 1.54) is 12.1 Å². The molecule has 0 saturated carbocycles. The summed E-state index contributed by atoms with van der Waals surface area (Å²) in [5.74, 6) is -0.516. The van der Waals surface area contributed by atoms with E-state index in [0.717, 1.165) is 0 Å². The third-order valence-corrected chi connectivity index (χ3v) is 1.98. The Hall–Kier alpha value is -0.640. The average molecular weight is 190 g/mol. The largest absolute Gasteiger partial charge is 0.394 e. The molecule has 1 aromatic carbocycles. The van der Waals surface area contributed by atoms with Crippen LogP contribution in [0.15, 0.2) is 18.2 Å². The van der Waals surface area contributed by atoms with Crippen molar-refractivity contribution in [2.75, 3.05) is 6.61 Å². The maximum absolute atomic E-state index is 12.8. The third-order valence-electron chi connectivity index (χ3n) is 1.58. The van der Waals surface area contributed by atoms with Gasteiger partial charge < -0.3 is 10.8 Å². The summed E-state index contributed by atoms with van der Waals surface area (Å²) in [6.45, 7) is -0.247. The molecule has 0 amide bonds. The van der Waals surface area contributed by atoms with E-state index in [-0.39, 0.29) is 11.6 Å². The van der Waals surface area contributed by atoms with Crippen molar-refractivity contribution in [3.63, 3.8) is 0 Å². The predicted molar refractivity (Wildman–Crippen MR) is 45.4 cm³/mol. The van der Waals surface area contributed by atoms with Crippen LogP contribution in [-0.2, 0) is 0 Å². The van der Waals surface area contributed by atoms with E-state index in [9.17, 15) is 4.39 Å². The standard InChI is InChI=1S/C8H9ClFNO/c9-8-5(7(11)4-12)2-1-3-6(8)10/h1-3,7,12H,4,11H2/t7-/m0/s1. The highest BCUT2D eigenvalue weighted by molar-refractivity contribution is 6.31. The Morgan fingerprint density at radius 2 is 2.25 bits per heavy atom. The number of halogens is 2. The number of rotatable bonds is 2. The smallest absolute Gasteiger partial charge is 0.142 e. The molecule has 2 nitrogen and oxygen atoms in total. The lowest BCUT2D eigenvalue weighted by atomic mass is 10.1. The maximum atomic E-state index is 12.8. The van der Waals surface area contributed by atoms with E-state index in [4.69, 9.17) is 22.4 Å². The summed E-state index contributed by atoms with van der Waals surface area (Å²) in [5.41, 5.74) is 5.89. The molecule has 1 aromatic rings. The van der Waals surface area contributed by atoms with Gasteiger partial charge in [-0.1, -0.05) is 23.7 Å². The van der Waals surface area contributed by atoms with Gasteiger partial charge in [-0.2, -0.15) is 0 Å². The molecule has 0 aliphatic heterocycles. The first-order valence-electron chi connectivity index (χ1n) is 3.47. The molecule has 0 bridgehead atoms. The van der Waals surface area contributed by atoms with Crippen LogP contribution in [0.4, 0.5) is 4.39 Å². The Labute approximate surface area is 74.8 Å². The van der Waals surface area contributed by atoms with Gasteiger partial charge in [0, 0.05) is 0 Å². The molecule has 1 rings (SSSR count). The van der Waals surface area contributed by atoms with Crippen molar-refractivity contribution in [2.24, 2.45) is 5.73 Å². The van der Waals surface area contributed by atoms with Crippen molar-refractivity contribution in [2.45, 2.75) is 6.04 Å². The minimum absolute atomic E-state index is 0.0148. The molecule has 0 aliphatic rings. The molecule has 0 aromatic heterocycles. The first-order chi connectivity index (χ1) is 5.66. The van der Waals surface area contributed by atoms with E-state index in [0.29, 0.717) is 5.56 Å². The van der Waals surface area contributed by atoms with Gasteiger partial charge in [0.15, 0.2) is 0 Å². The number of hydrogen-bond acceptors (Lipinski definition) is 2. The van der Waals surface area contributed by atoms with E-state index in [1.54, 1.807) is 6.07 Å². The summed E-state index contributed by atoms with van der Waals surface area (Å²) in [7, 11) is 0. The molecule has 0 radical (unpaired) electrons. The van der Waals surface area contributed by atoms with Crippen molar-refractivity contribution in [3.8, 4) is 0 Å².